The summed E-state index contributed by atoms with van der Waals surface area (Å²) in [5.41, 5.74) is 3.81. The van der Waals surface area contributed by atoms with Crippen molar-refractivity contribution in [3.05, 3.63) is 59.2 Å². The molecule has 0 amide bonds. The number of aromatic hydroxyl groups is 1. The Morgan fingerprint density at radius 3 is 2.73 bits per heavy atom. The summed E-state index contributed by atoms with van der Waals surface area (Å²) in [7, 11) is 0. The van der Waals surface area contributed by atoms with E-state index in [0.29, 0.717) is 24.3 Å². The van der Waals surface area contributed by atoms with E-state index in [0.717, 1.165) is 24.9 Å². The molecular formula is C25H30ClNO2S. The van der Waals surface area contributed by atoms with Crippen LogP contribution in [0.3, 0.4) is 0 Å². The molecule has 1 heterocycles. The Labute approximate surface area is 189 Å². The molecule has 3 aliphatic rings. The van der Waals surface area contributed by atoms with Crippen LogP contribution in [0.4, 0.5) is 0 Å². The largest absolute Gasteiger partial charge is 0.508 e. The Balaban J connectivity index is 0.00000218. The molecule has 2 bridgehead atoms. The summed E-state index contributed by atoms with van der Waals surface area (Å²) in [5, 5.41) is 10.2. The third-order valence-electron chi connectivity index (χ3n) is 7.69. The van der Waals surface area contributed by atoms with Crippen LogP contribution in [0.25, 0.3) is 0 Å². The van der Waals surface area contributed by atoms with Crippen LogP contribution < -0.4 is 0 Å². The van der Waals surface area contributed by atoms with Crippen LogP contribution in [0.1, 0.15) is 53.6 Å². The highest BCUT2D eigenvalue weighted by molar-refractivity contribution is 7.98. The lowest BCUT2D eigenvalue weighted by atomic mass is 9.52. The number of halogens is 1. The van der Waals surface area contributed by atoms with Crippen molar-refractivity contribution >= 4 is 30.0 Å². The zero-order chi connectivity index (χ0) is 20.0. The van der Waals surface area contributed by atoms with Crippen LogP contribution in [-0.2, 0) is 11.8 Å². The number of benzene rings is 2. The van der Waals surface area contributed by atoms with Gasteiger partial charge >= 0.3 is 0 Å². The maximum Gasteiger partial charge on any atom is 0.176 e. The molecule has 1 saturated heterocycles. The van der Waals surface area contributed by atoms with Gasteiger partial charge in [0.15, 0.2) is 5.78 Å². The summed E-state index contributed by atoms with van der Waals surface area (Å²) in [6.07, 6.45) is 9.19. The van der Waals surface area contributed by atoms with Gasteiger partial charge in [-0.3, -0.25) is 9.69 Å². The SMILES string of the molecule is CSc1ccc(C(=O)CN2CC[C@]34CCCC[C@H]3[C@@H]2Cc2ccc(O)cc24)cc1.Cl. The fourth-order valence-corrected chi connectivity index (χ4v) is 6.73. The van der Waals surface area contributed by atoms with E-state index in [-0.39, 0.29) is 23.6 Å². The normalized spacial score (nSPS) is 27.5. The third kappa shape index (κ3) is 3.57. The minimum absolute atomic E-state index is 0. The maximum absolute atomic E-state index is 13.0. The first-order valence-electron chi connectivity index (χ1n) is 10.8. The highest BCUT2D eigenvalue weighted by Crippen LogP contribution is 2.56. The van der Waals surface area contributed by atoms with Gasteiger partial charge < -0.3 is 5.11 Å². The van der Waals surface area contributed by atoms with E-state index in [1.54, 1.807) is 11.8 Å². The van der Waals surface area contributed by atoms with Crippen LogP contribution in [0.5, 0.6) is 5.75 Å². The molecule has 0 radical (unpaired) electrons. The van der Waals surface area contributed by atoms with Crippen molar-refractivity contribution in [2.75, 3.05) is 19.3 Å². The molecule has 2 aromatic carbocycles. The first-order valence-corrected chi connectivity index (χ1v) is 12.1. The van der Waals surface area contributed by atoms with Crippen molar-refractivity contribution < 1.29 is 9.90 Å². The van der Waals surface area contributed by atoms with E-state index >= 15 is 0 Å². The minimum Gasteiger partial charge on any atom is -0.508 e. The van der Waals surface area contributed by atoms with Gasteiger partial charge in [0.05, 0.1) is 6.54 Å². The van der Waals surface area contributed by atoms with Crippen molar-refractivity contribution in [2.24, 2.45) is 5.92 Å². The number of nitrogens with zero attached hydrogens (tertiary/aromatic N) is 1. The van der Waals surface area contributed by atoms with Crippen molar-refractivity contribution in [3.63, 3.8) is 0 Å². The van der Waals surface area contributed by atoms with Crippen LogP contribution in [0, 0.1) is 5.92 Å². The fourth-order valence-electron chi connectivity index (χ4n) is 6.32. The number of likely N-dealkylation sites (tertiary alicyclic amines) is 1. The van der Waals surface area contributed by atoms with Crippen molar-refractivity contribution in [3.8, 4) is 5.75 Å². The van der Waals surface area contributed by atoms with Gasteiger partial charge in [0.2, 0.25) is 0 Å². The van der Waals surface area contributed by atoms with Crippen molar-refractivity contribution in [1.82, 2.24) is 4.90 Å². The molecule has 1 saturated carbocycles. The van der Waals surface area contributed by atoms with Crippen LogP contribution in [0.2, 0.25) is 0 Å². The standard InChI is InChI=1S/C25H29NO2S.ClH/c1-29-20-9-6-17(7-10-20)24(28)16-26-13-12-25-11-3-2-4-21(25)23(26)14-18-5-8-19(27)15-22(18)25;/h5-10,15,21,23,27H,2-4,11-14,16H2,1H3;1H/t21-,23-,25+;/m0./s1. The van der Waals surface area contributed by atoms with Crippen LogP contribution in [0.15, 0.2) is 47.4 Å². The molecule has 160 valence electrons. The molecule has 1 N–H and O–H groups in total. The summed E-state index contributed by atoms with van der Waals surface area (Å²) in [6, 6.07) is 14.5. The lowest BCUT2D eigenvalue weighted by Gasteiger charge is -2.59. The van der Waals surface area contributed by atoms with E-state index < -0.39 is 0 Å². The summed E-state index contributed by atoms with van der Waals surface area (Å²) in [5.74, 6) is 1.23. The third-order valence-corrected chi connectivity index (χ3v) is 8.44. The molecule has 0 spiro atoms. The average Bonchev–Trinajstić information content (AvgIpc) is 2.76. The highest BCUT2D eigenvalue weighted by atomic mass is 35.5. The zero-order valence-corrected chi connectivity index (χ0v) is 19.1. The number of hydrogen-bond acceptors (Lipinski definition) is 4. The van der Waals surface area contributed by atoms with Gasteiger partial charge in [-0.15, -0.1) is 24.2 Å². The first-order chi connectivity index (χ1) is 14.1. The molecule has 0 aromatic heterocycles. The predicted molar refractivity (Wildman–Crippen MR) is 125 cm³/mol. The molecule has 3 nitrogen and oxygen atoms in total. The Kier molecular flexibility index (Phi) is 6.20. The summed E-state index contributed by atoms with van der Waals surface area (Å²) >= 11 is 1.70. The Morgan fingerprint density at radius 2 is 1.97 bits per heavy atom. The summed E-state index contributed by atoms with van der Waals surface area (Å²) < 4.78 is 0. The quantitative estimate of drug-likeness (QED) is 0.502. The number of carbonyl (C=O) groups excluding carboxylic acids is 1. The number of phenolic OH excluding ortho intramolecular Hbond substituents is 1. The number of Topliss-reactive ketones (excluding diaryl/α,β-unsaturated/α-hetero) is 1. The molecular weight excluding hydrogens is 414 g/mol. The second-order valence-corrected chi connectivity index (χ2v) is 9.87. The monoisotopic (exact) mass is 443 g/mol. The Hall–Kier alpha value is -1.49. The molecule has 5 heteroatoms. The summed E-state index contributed by atoms with van der Waals surface area (Å²) in [4.78, 5) is 16.7. The topological polar surface area (TPSA) is 40.5 Å². The lowest BCUT2D eigenvalue weighted by molar-refractivity contribution is -0.00848. The van der Waals surface area contributed by atoms with E-state index in [4.69, 9.17) is 0 Å². The van der Waals surface area contributed by atoms with E-state index in [1.807, 2.05) is 36.4 Å². The van der Waals surface area contributed by atoms with E-state index in [1.165, 1.54) is 41.7 Å². The van der Waals surface area contributed by atoms with Crippen LogP contribution in [-0.4, -0.2) is 41.2 Å². The van der Waals surface area contributed by atoms with E-state index in [2.05, 4.69) is 17.2 Å². The second-order valence-electron chi connectivity index (χ2n) is 8.99. The first kappa shape index (κ1) is 21.7. The number of piperidine rings is 1. The average molecular weight is 444 g/mol. The van der Waals surface area contributed by atoms with Crippen molar-refractivity contribution in [1.29, 1.82) is 0 Å². The highest BCUT2D eigenvalue weighted by Gasteiger charge is 2.53. The second kappa shape index (κ2) is 8.57. The number of thioether (sulfide) groups is 1. The minimum atomic E-state index is 0. The smallest absolute Gasteiger partial charge is 0.176 e. The molecule has 2 aliphatic carbocycles. The van der Waals surface area contributed by atoms with Crippen LogP contribution >= 0.6 is 24.2 Å². The molecule has 3 atom stereocenters. The van der Waals surface area contributed by atoms with E-state index in [9.17, 15) is 9.90 Å². The van der Waals surface area contributed by atoms with Gasteiger partial charge in [-0.1, -0.05) is 31.0 Å². The van der Waals surface area contributed by atoms with Gasteiger partial charge in [0, 0.05) is 21.9 Å². The molecule has 2 aromatic rings. The number of ketones is 1. The number of phenols is 1. The Bertz CT molecular complexity index is 931. The van der Waals surface area contributed by atoms with Gasteiger partial charge in [0.25, 0.3) is 0 Å². The molecule has 0 unspecified atom stereocenters. The van der Waals surface area contributed by atoms with Gasteiger partial charge in [0.1, 0.15) is 5.75 Å². The van der Waals surface area contributed by atoms with Gasteiger partial charge in [-0.05, 0) is 79.8 Å². The molecule has 30 heavy (non-hydrogen) atoms. The number of fused-ring (bicyclic) bond motifs is 1. The predicted octanol–water partition coefficient (Wildman–Crippen LogP) is 5.48. The fraction of sp³-hybridized carbons (Fsp3) is 0.480. The van der Waals surface area contributed by atoms with Crippen molar-refractivity contribution in [2.45, 2.75) is 54.9 Å². The molecule has 2 fully saturated rings. The number of rotatable bonds is 4. The number of hydrogen-bond donors (Lipinski definition) is 1. The molecule has 1 aliphatic heterocycles. The number of carbonyl (C=O) groups is 1. The maximum atomic E-state index is 13.0. The van der Waals surface area contributed by atoms with Gasteiger partial charge in [-0.2, -0.15) is 0 Å². The Morgan fingerprint density at radius 1 is 1.17 bits per heavy atom. The lowest BCUT2D eigenvalue weighted by Crippen LogP contribution is -2.61. The zero-order valence-electron chi connectivity index (χ0n) is 17.5. The van der Waals surface area contributed by atoms with Gasteiger partial charge in [-0.25, -0.2) is 0 Å². The summed E-state index contributed by atoms with van der Waals surface area (Å²) in [6.45, 7) is 1.49. The molecule has 5 rings (SSSR count).